The van der Waals surface area contributed by atoms with Crippen LogP contribution in [-0.4, -0.2) is 9.97 Å². The largest absolute Gasteiger partial charge is 0.383 e. The molecule has 0 amide bonds. The number of nitrogens with zero attached hydrogens (tertiary/aromatic N) is 2. The minimum absolute atomic E-state index is 0.639. The molecule has 1 aromatic carbocycles. The normalized spacial score (nSPS) is 13.9. The van der Waals surface area contributed by atoms with E-state index >= 15 is 0 Å². The van der Waals surface area contributed by atoms with E-state index in [1.165, 1.54) is 10.1 Å². The molecule has 0 atom stereocenters. The molecule has 0 spiro atoms. The number of aromatic nitrogens is 2. The lowest BCUT2D eigenvalue weighted by Crippen LogP contribution is -2.02. The van der Waals surface area contributed by atoms with Gasteiger partial charge in [0.2, 0.25) is 0 Å². The molecule has 3 nitrogen and oxygen atoms in total. The second kappa shape index (κ2) is 4.21. The number of rotatable bonds is 1. The predicted molar refractivity (Wildman–Crippen MR) is 82.3 cm³/mol. The Balaban J connectivity index is 1.95. The van der Waals surface area contributed by atoms with E-state index in [-0.39, 0.29) is 0 Å². The van der Waals surface area contributed by atoms with Gasteiger partial charge in [-0.1, -0.05) is 18.2 Å². The minimum atomic E-state index is 0.639. The number of fused-ring (bicyclic) bond motifs is 2. The zero-order valence-electron chi connectivity index (χ0n) is 10.1. The number of thioether (sulfide) groups is 1. The minimum Gasteiger partial charge on any atom is -0.383 e. The highest BCUT2D eigenvalue weighted by molar-refractivity contribution is 7.98. The van der Waals surface area contributed by atoms with Gasteiger partial charge in [0, 0.05) is 38.1 Å². The molecule has 1 aliphatic heterocycles. The first-order valence-electron chi connectivity index (χ1n) is 6.02. The monoisotopic (exact) mass is 285 g/mol. The maximum atomic E-state index is 6.06. The molecule has 0 saturated carbocycles. The Labute approximate surface area is 118 Å². The summed E-state index contributed by atoms with van der Waals surface area (Å²) >= 11 is 3.57. The van der Waals surface area contributed by atoms with Crippen LogP contribution >= 0.6 is 23.1 Å². The molecule has 3 heterocycles. The second-order valence-electron chi connectivity index (χ2n) is 4.50. The Bertz CT molecular complexity index is 779. The second-order valence-corrected chi connectivity index (χ2v) is 6.39. The number of thiophene rings is 1. The van der Waals surface area contributed by atoms with Gasteiger partial charge in [0.15, 0.2) is 5.82 Å². The first-order chi connectivity index (χ1) is 9.33. The molecule has 94 valence electrons. The molecule has 0 fully saturated rings. The van der Waals surface area contributed by atoms with Crippen molar-refractivity contribution in [2.45, 2.75) is 11.5 Å². The Kier molecular flexibility index (Phi) is 2.50. The summed E-state index contributed by atoms with van der Waals surface area (Å²) in [5.41, 5.74) is 9.37. The maximum Gasteiger partial charge on any atom is 0.163 e. The van der Waals surface area contributed by atoms with Crippen molar-refractivity contribution >= 4 is 39.0 Å². The quantitative estimate of drug-likeness (QED) is 0.741. The van der Waals surface area contributed by atoms with Gasteiger partial charge in [-0.2, -0.15) is 11.8 Å². The highest BCUT2D eigenvalue weighted by Crippen LogP contribution is 2.36. The summed E-state index contributed by atoms with van der Waals surface area (Å²) in [5.74, 6) is 3.28. The third-order valence-electron chi connectivity index (χ3n) is 3.33. The molecular weight excluding hydrogens is 274 g/mol. The highest BCUT2D eigenvalue weighted by Gasteiger charge is 2.19. The van der Waals surface area contributed by atoms with Crippen LogP contribution < -0.4 is 5.73 Å². The van der Waals surface area contributed by atoms with Crippen LogP contribution in [0.1, 0.15) is 11.3 Å². The van der Waals surface area contributed by atoms with Crippen LogP contribution in [0.3, 0.4) is 0 Å². The van der Waals surface area contributed by atoms with Gasteiger partial charge in [-0.05, 0) is 6.07 Å². The van der Waals surface area contributed by atoms with E-state index in [1.807, 2.05) is 17.8 Å². The SMILES string of the molecule is Nc1nc(-c2csc3ccccc23)nc2c1CSC2. The van der Waals surface area contributed by atoms with Crippen molar-refractivity contribution in [2.24, 2.45) is 0 Å². The van der Waals surface area contributed by atoms with Crippen LogP contribution in [0.2, 0.25) is 0 Å². The van der Waals surface area contributed by atoms with Crippen molar-refractivity contribution in [2.75, 3.05) is 5.73 Å². The van der Waals surface area contributed by atoms with E-state index in [1.54, 1.807) is 11.3 Å². The Morgan fingerprint density at radius 3 is 2.95 bits per heavy atom. The zero-order chi connectivity index (χ0) is 12.8. The summed E-state index contributed by atoms with van der Waals surface area (Å²) in [5, 5.41) is 3.32. The summed E-state index contributed by atoms with van der Waals surface area (Å²) in [6.07, 6.45) is 0. The summed E-state index contributed by atoms with van der Waals surface area (Å²) in [4.78, 5) is 9.20. The molecule has 2 aromatic heterocycles. The van der Waals surface area contributed by atoms with Crippen LogP contribution in [0.5, 0.6) is 0 Å². The molecule has 5 heteroatoms. The lowest BCUT2D eigenvalue weighted by molar-refractivity contribution is 1.09. The Morgan fingerprint density at radius 1 is 1.11 bits per heavy atom. The van der Waals surface area contributed by atoms with Crippen LogP contribution in [0.4, 0.5) is 5.82 Å². The first-order valence-corrected chi connectivity index (χ1v) is 8.06. The highest BCUT2D eigenvalue weighted by atomic mass is 32.2. The fraction of sp³-hybridized carbons (Fsp3) is 0.143. The van der Waals surface area contributed by atoms with Crippen LogP contribution in [0, 0.1) is 0 Å². The molecular formula is C14H11N3S2. The van der Waals surface area contributed by atoms with E-state index in [0.29, 0.717) is 5.82 Å². The third-order valence-corrected chi connectivity index (χ3v) is 5.27. The van der Waals surface area contributed by atoms with Gasteiger partial charge in [0.1, 0.15) is 5.82 Å². The van der Waals surface area contributed by atoms with Gasteiger partial charge < -0.3 is 5.73 Å². The van der Waals surface area contributed by atoms with Crippen molar-refractivity contribution in [3.05, 3.63) is 40.9 Å². The van der Waals surface area contributed by atoms with E-state index in [2.05, 4.69) is 28.6 Å². The van der Waals surface area contributed by atoms with Gasteiger partial charge in [0.25, 0.3) is 0 Å². The topological polar surface area (TPSA) is 51.8 Å². The summed E-state index contributed by atoms with van der Waals surface area (Å²) in [6.45, 7) is 0. The number of anilines is 1. The van der Waals surface area contributed by atoms with Crippen molar-refractivity contribution in [3.8, 4) is 11.4 Å². The number of hydrogen-bond donors (Lipinski definition) is 1. The van der Waals surface area contributed by atoms with Crippen molar-refractivity contribution in [1.82, 2.24) is 9.97 Å². The van der Waals surface area contributed by atoms with Gasteiger partial charge in [-0.3, -0.25) is 0 Å². The fourth-order valence-corrected chi connectivity index (χ4v) is 4.34. The van der Waals surface area contributed by atoms with Crippen molar-refractivity contribution < 1.29 is 0 Å². The number of nitrogen functional groups attached to an aromatic ring is 1. The number of hydrogen-bond acceptors (Lipinski definition) is 5. The number of benzene rings is 1. The van der Waals surface area contributed by atoms with Gasteiger partial charge >= 0.3 is 0 Å². The Morgan fingerprint density at radius 2 is 2.00 bits per heavy atom. The smallest absolute Gasteiger partial charge is 0.163 e. The third kappa shape index (κ3) is 1.73. The summed E-state index contributed by atoms with van der Waals surface area (Å²) < 4.78 is 1.26. The average Bonchev–Trinajstić information content (AvgIpc) is 3.04. The lowest BCUT2D eigenvalue weighted by atomic mass is 10.1. The van der Waals surface area contributed by atoms with Crippen LogP contribution in [0.15, 0.2) is 29.6 Å². The molecule has 2 N–H and O–H groups in total. The molecule has 0 saturated heterocycles. The molecule has 4 rings (SSSR count). The van der Waals surface area contributed by atoms with E-state index in [0.717, 1.165) is 34.2 Å². The van der Waals surface area contributed by atoms with Crippen LogP contribution in [0.25, 0.3) is 21.5 Å². The number of nitrogens with two attached hydrogens (primary N) is 1. The van der Waals surface area contributed by atoms with E-state index in [9.17, 15) is 0 Å². The Hall–Kier alpha value is -1.59. The van der Waals surface area contributed by atoms with Gasteiger partial charge in [0.05, 0.1) is 5.69 Å². The van der Waals surface area contributed by atoms with Crippen LogP contribution in [-0.2, 0) is 11.5 Å². The summed E-state index contributed by atoms with van der Waals surface area (Å²) in [6, 6.07) is 8.33. The molecule has 0 radical (unpaired) electrons. The zero-order valence-corrected chi connectivity index (χ0v) is 11.7. The maximum absolute atomic E-state index is 6.06. The molecule has 19 heavy (non-hydrogen) atoms. The first kappa shape index (κ1) is 11.3. The molecule has 0 aliphatic carbocycles. The predicted octanol–water partition coefficient (Wildman–Crippen LogP) is 3.69. The van der Waals surface area contributed by atoms with Gasteiger partial charge in [-0.25, -0.2) is 9.97 Å². The summed E-state index contributed by atoms with van der Waals surface area (Å²) in [7, 11) is 0. The van der Waals surface area contributed by atoms with Crippen molar-refractivity contribution in [3.63, 3.8) is 0 Å². The molecule has 0 bridgehead atoms. The molecule has 1 aliphatic rings. The molecule has 0 unspecified atom stereocenters. The lowest BCUT2D eigenvalue weighted by Gasteiger charge is -2.05. The van der Waals surface area contributed by atoms with E-state index in [4.69, 9.17) is 10.7 Å². The van der Waals surface area contributed by atoms with Gasteiger partial charge in [-0.15, -0.1) is 11.3 Å². The average molecular weight is 285 g/mol. The van der Waals surface area contributed by atoms with E-state index < -0.39 is 0 Å². The standard InChI is InChI=1S/C14H11N3S2/c15-13-10-5-18-7-11(10)16-14(17-13)9-6-19-12-4-2-1-3-8(9)12/h1-4,6H,5,7H2,(H2,15,16,17). The fourth-order valence-electron chi connectivity index (χ4n) is 2.35. The molecule has 3 aromatic rings. The van der Waals surface area contributed by atoms with Crippen molar-refractivity contribution in [1.29, 1.82) is 0 Å².